The molecule has 3 N–H and O–H groups in total. The minimum absolute atomic E-state index is 0.0147. The third kappa shape index (κ3) is 14.3. The minimum atomic E-state index is -2.85. The first kappa shape index (κ1) is 54.2. The van der Waals surface area contributed by atoms with E-state index in [0.717, 1.165) is 12.0 Å². The molecule has 1 saturated carbocycles. The van der Waals surface area contributed by atoms with Gasteiger partial charge >= 0.3 is 11.8 Å². The minimum Gasteiger partial charge on any atom is -0.460 e. The van der Waals surface area contributed by atoms with Crippen molar-refractivity contribution in [3.8, 4) is 0 Å². The molecule has 15 atom stereocenters. The van der Waals surface area contributed by atoms with Crippen LogP contribution < -0.4 is 0 Å². The molecule has 4 rings (SSSR count). The van der Waals surface area contributed by atoms with Gasteiger partial charge in [0, 0.05) is 58.5 Å². The Morgan fingerprint density at radius 3 is 2.23 bits per heavy atom. The summed E-state index contributed by atoms with van der Waals surface area (Å²) < 4.78 is 29.5. The molecule has 14 heteroatoms. The van der Waals surface area contributed by atoms with Gasteiger partial charge in [-0.3, -0.25) is 19.2 Å². The highest BCUT2D eigenvalue weighted by Gasteiger charge is 2.55. The molecule has 0 radical (unpaired) electrons. The Kier molecular flexibility index (Phi) is 21.0. The van der Waals surface area contributed by atoms with Crippen LogP contribution in [0.1, 0.15) is 126 Å². The predicted molar refractivity (Wildman–Crippen MR) is 245 cm³/mol. The zero-order valence-electron chi connectivity index (χ0n) is 40.6. The number of amides is 1. The van der Waals surface area contributed by atoms with E-state index in [9.17, 15) is 39.3 Å². The highest BCUT2D eigenvalue weighted by atomic mass is 16.6. The molecule has 3 aliphatic heterocycles. The van der Waals surface area contributed by atoms with Crippen molar-refractivity contribution in [3.05, 3.63) is 47.6 Å². The van der Waals surface area contributed by atoms with E-state index in [1.807, 2.05) is 58.1 Å². The normalized spacial score (nSPS) is 40.4. The van der Waals surface area contributed by atoms with Crippen LogP contribution in [0, 0.1) is 35.5 Å². The highest BCUT2D eigenvalue weighted by Crippen LogP contribution is 2.36. The Morgan fingerprint density at radius 2 is 1.55 bits per heavy atom. The zero-order chi connectivity index (χ0) is 48.2. The predicted octanol–water partition coefficient (Wildman–Crippen LogP) is 6.18. The smallest absolute Gasteiger partial charge is 0.329 e. The van der Waals surface area contributed by atoms with Crippen LogP contribution in [-0.2, 0) is 47.7 Å². The number of rotatable bonds is 6. The van der Waals surface area contributed by atoms with Crippen molar-refractivity contribution in [3.63, 3.8) is 0 Å². The number of hydrogen-bond acceptors (Lipinski definition) is 13. The van der Waals surface area contributed by atoms with Gasteiger partial charge in [0.25, 0.3) is 5.91 Å². The lowest BCUT2D eigenvalue weighted by Crippen LogP contribution is -2.62. The number of carbonyl (C=O) groups is 5. The number of allylic oxidation sites excluding steroid dienone is 6. The van der Waals surface area contributed by atoms with Crippen LogP contribution in [-0.4, -0.2) is 132 Å². The molecule has 0 spiro atoms. The second-order valence-corrected chi connectivity index (χ2v) is 19.6. The van der Waals surface area contributed by atoms with E-state index in [0.29, 0.717) is 56.9 Å². The van der Waals surface area contributed by atoms with Crippen LogP contribution in [0.2, 0.25) is 0 Å². The molecule has 1 aliphatic carbocycles. The second kappa shape index (κ2) is 25.1. The average Bonchev–Trinajstić information content (AvgIpc) is 3.39. The van der Waals surface area contributed by atoms with Gasteiger partial charge in [-0.15, -0.1) is 0 Å². The summed E-state index contributed by atoms with van der Waals surface area (Å²) in [7, 11) is 4.51. The summed E-state index contributed by atoms with van der Waals surface area (Å²) in [5, 5.41) is 34.1. The van der Waals surface area contributed by atoms with Crippen molar-refractivity contribution in [2.45, 2.75) is 180 Å². The molecule has 65 heavy (non-hydrogen) atoms. The molecular weight excluding hydrogens is 835 g/mol. The molecule has 0 aromatic rings. The Labute approximate surface area is 387 Å². The molecule has 2 saturated heterocycles. The number of cyclic esters (lactones) is 1. The number of hydrogen-bond donors (Lipinski definition) is 3. The van der Waals surface area contributed by atoms with E-state index < -0.39 is 83.9 Å². The van der Waals surface area contributed by atoms with Gasteiger partial charge in [-0.1, -0.05) is 71.1 Å². The standard InChI is InChI=1S/C51H79NO13/c1-30-16-12-11-13-17-31(2)42(61-8)28-38-21-19-32(3)48(57)51(60,65-38)50(59)52-23-15-14-18-39(52)49(58)64-43(34(5)26-37-20-22-40(53)44(27-37)62-9)29-41(54)33(4)25-36(7)46(56)47(63-10)45(55)35(6)24-30/h11-13,16-17,25,30,32-35,37-40,42-44,46-47,53,56,60H,14-15,18-24,26-29H2,1-10H3/b13-11+,16-12+,31-17+,36-25+/t30-,32-,33-,34-,35+,37+,38?,39?,40+,42+,43+,44-,46-,47+,51?/m1/s1. The number of Topliss-reactive ketones (excluding diaryl/α,β-unsaturated/α-hetero) is 3. The largest absolute Gasteiger partial charge is 0.460 e. The first-order valence-corrected chi connectivity index (χ1v) is 23.9. The molecule has 4 aliphatic rings. The third-order valence-electron chi connectivity index (χ3n) is 14.4. The molecule has 1 amide bonds. The van der Waals surface area contributed by atoms with Gasteiger partial charge < -0.3 is 43.9 Å². The Bertz CT molecular complexity index is 1760. The van der Waals surface area contributed by atoms with E-state index in [2.05, 4.69) is 0 Å². The van der Waals surface area contributed by atoms with E-state index in [1.165, 1.54) is 12.0 Å². The number of methoxy groups -OCH3 is 3. The third-order valence-corrected chi connectivity index (χ3v) is 14.4. The van der Waals surface area contributed by atoms with E-state index >= 15 is 0 Å². The van der Waals surface area contributed by atoms with Gasteiger partial charge in [0.15, 0.2) is 5.78 Å². The monoisotopic (exact) mass is 914 g/mol. The van der Waals surface area contributed by atoms with Gasteiger partial charge in [0.05, 0.1) is 24.4 Å². The van der Waals surface area contributed by atoms with E-state index in [1.54, 1.807) is 41.1 Å². The molecule has 0 aromatic carbocycles. The van der Waals surface area contributed by atoms with Crippen molar-refractivity contribution >= 4 is 29.2 Å². The fourth-order valence-corrected chi connectivity index (χ4v) is 10.1. The summed E-state index contributed by atoms with van der Waals surface area (Å²) in [6, 6.07) is -1.16. The highest BCUT2D eigenvalue weighted by molar-refractivity contribution is 6.09. The van der Waals surface area contributed by atoms with Crippen LogP contribution in [0.5, 0.6) is 0 Å². The first-order chi connectivity index (χ1) is 30.7. The molecule has 3 heterocycles. The number of fused-ring (bicyclic) bond motifs is 3. The first-order valence-electron chi connectivity index (χ1n) is 23.9. The number of ether oxygens (including phenoxy) is 5. The molecule has 3 unspecified atom stereocenters. The van der Waals surface area contributed by atoms with Gasteiger partial charge in [-0.05, 0) is 107 Å². The van der Waals surface area contributed by atoms with Crippen molar-refractivity contribution in [2.75, 3.05) is 27.9 Å². The van der Waals surface area contributed by atoms with Gasteiger partial charge in [0.1, 0.15) is 30.1 Å². The Morgan fingerprint density at radius 1 is 0.831 bits per heavy atom. The fraction of sp³-hybridized carbons (Fsp3) is 0.745. The van der Waals surface area contributed by atoms with Crippen molar-refractivity contribution < 1.29 is 63.0 Å². The van der Waals surface area contributed by atoms with Crippen molar-refractivity contribution in [1.29, 1.82) is 0 Å². The van der Waals surface area contributed by atoms with Crippen LogP contribution in [0.25, 0.3) is 0 Å². The quantitative estimate of drug-likeness (QED) is 0.156. The summed E-state index contributed by atoms with van der Waals surface area (Å²) in [4.78, 5) is 72.1. The lowest BCUT2D eigenvalue weighted by molar-refractivity contribution is -0.231. The van der Waals surface area contributed by atoms with Crippen LogP contribution >= 0.6 is 0 Å². The molecule has 2 bridgehead atoms. The van der Waals surface area contributed by atoms with Crippen LogP contribution in [0.15, 0.2) is 47.6 Å². The number of aliphatic hydroxyl groups excluding tert-OH is 2. The number of nitrogens with zero attached hydrogens (tertiary/aromatic N) is 1. The van der Waals surface area contributed by atoms with Crippen molar-refractivity contribution in [2.24, 2.45) is 35.5 Å². The Balaban J connectivity index is 1.74. The van der Waals surface area contributed by atoms with Crippen LogP contribution in [0.4, 0.5) is 0 Å². The molecule has 14 nitrogen and oxygen atoms in total. The summed E-state index contributed by atoms with van der Waals surface area (Å²) in [5.74, 6) is -8.01. The molecular formula is C51H79NO13. The lowest BCUT2D eigenvalue weighted by atomic mass is 9.78. The number of ketones is 3. The maximum atomic E-state index is 14.6. The average molecular weight is 914 g/mol. The van der Waals surface area contributed by atoms with Gasteiger partial charge in [0.2, 0.25) is 5.78 Å². The van der Waals surface area contributed by atoms with Crippen molar-refractivity contribution in [1.82, 2.24) is 4.90 Å². The lowest BCUT2D eigenvalue weighted by Gasteiger charge is -2.40. The summed E-state index contributed by atoms with van der Waals surface area (Å²) in [6.07, 6.45) is 10.7. The summed E-state index contributed by atoms with van der Waals surface area (Å²) in [6.45, 7) is 12.7. The van der Waals surface area contributed by atoms with E-state index in [-0.39, 0.29) is 61.2 Å². The molecule has 0 aromatic heterocycles. The number of aliphatic hydroxyl groups is 3. The number of esters is 1. The Hall–Kier alpha value is -3.37. The maximum Gasteiger partial charge on any atom is 0.329 e. The molecule has 3 fully saturated rings. The maximum absolute atomic E-state index is 14.6. The summed E-state index contributed by atoms with van der Waals surface area (Å²) >= 11 is 0. The topological polar surface area (TPSA) is 195 Å². The second-order valence-electron chi connectivity index (χ2n) is 19.6. The van der Waals surface area contributed by atoms with Gasteiger partial charge in [-0.2, -0.15) is 0 Å². The SMILES string of the molecule is CO[C@H]1CC2CC[C@@H](C)C(=O)C(O)(O2)C(=O)N2CCCCC2C(=O)O[C@H]([C@H](C)C[C@@H]2CC[C@H](O)[C@H](OC)C2)CC(=O)[C@H](C)/C=C(\C)[C@@H](O)[C@@H](OC)C(=O)[C@@H](C)C[C@H](C)/C=C/C=C/C=C/1C. The summed E-state index contributed by atoms with van der Waals surface area (Å²) in [5.41, 5.74) is 1.24. The fourth-order valence-electron chi connectivity index (χ4n) is 10.1. The van der Waals surface area contributed by atoms with Gasteiger partial charge in [-0.25, -0.2) is 4.79 Å². The molecule has 366 valence electrons. The number of piperidine rings is 1. The van der Waals surface area contributed by atoms with E-state index in [4.69, 9.17) is 23.7 Å². The zero-order valence-corrected chi connectivity index (χ0v) is 40.6. The van der Waals surface area contributed by atoms with Crippen LogP contribution in [0.3, 0.4) is 0 Å². The number of carbonyl (C=O) groups excluding carboxylic acids is 5.